The number of hydrogen-bond acceptors (Lipinski definition) is 7. The Kier molecular flexibility index (Phi) is 5.89. The number of hydrogen-bond donors (Lipinski definition) is 1. The highest BCUT2D eigenvalue weighted by molar-refractivity contribution is 6.04. The van der Waals surface area contributed by atoms with Gasteiger partial charge in [-0.05, 0) is 37.0 Å². The quantitative estimate of drug-likeness (QED) is 0.779. The molecule has 0 spiro atoms. The van der Waals surface area contributed by atoms with Gasteiger partial charge in [0.2, 0.25) is 5.91 Å². The third kappa shape index (κ3) is 4.25. The Hall–Kier alpha value is -3.20. The fraction of sp³-hybridized carbons (Fsp3) is 0.478. The first-order valence-corrected chi connectivity index (χ1v) is 11.3. The normalized spacial score (nSPS) is 19.5. The van der Waals surface area contributed by atoms with Crippen LogP contribution in [0.15, 0.2) is 36.8 Å². The number of rotatable bonds is 4. The molecule has 3 aliphatic heterocycles. The van der Waals surface area contributed by atoms with Crippen LogP contribution in [-0.4, -0.2) is 79.2 Å². The molecule has 9 heteroatoms. The van der Waals surface area contributed by atoms with E-state index in [-0.39, 0.29) is 18.4 Å². The number of nitrogens with one attached hydrogen (secondary N) is 1. The summed E-state index contributed by atoms with van der Waals surface area (Å²) in [6.07, 6.45) is 7.08. The smallest absolute Gasteiger partial charge is 0.255 e. The Labute approximate surface area is 187 Å². The van der Waals surface area contributed by atoms with Gasteiger partial charge < -0.3 is 24.8 Å². The predicted octanol–water partition coefficient (Wildman–Crippen LogP) is 1.62. The third-order valence-electron chi connectivity index (χ3n) is 6.49. The van der Waals surface area contributed by atoms with Crippen LogP contribution in [0.1, 0.15) is 23.2 Å². The van der Waals surface area contributed by atoms with E-state index in [1.54, 1.807) is 23.5 Å². The Morgan fingerprint density at radius 3 is 2.62 bits per heavy atom. The van der Waals surface area contributed by atoms with Gasteiger partial charge in [-0.15, -0.1) is 0 Å². The predicted molar refractivity (Wildman–Crippen MR) is 121 cm³/mol. The maximum Gasteiger partial charge on any atom is 0.255 e. The lowest BCUT2D eigenvalue weighted by molar-refractivity contribution is -0.117. The number of ether oxygens (including phenoxy) is 1. The van der Waals surface area contributed by atoms with Crippen LogP contribution in [0.3, 0.4) is 0 Å². The van der Waals surface area contributed by atoms with Crippen molar-refractivity contribution in [3.8, 4) is 0 Å². The zero-order chi connectivity index (χ0) is 21.9. The number of carbonyl (C=O) groups is 2. The maximum atomic E-state index is 13.2. The first kappa shape index (κ1) is 20.7. The fourth-order valence-corrected chi connectivity index (χ4v) is 4.59. The molecule has 32 heavy (non-hydrogen) atoms. The molecule has 0 radical (unpaired) electrons. The summed E-state index contributed by atoms with van der Waals surface area (Å²) < 4.78 is 5.45. The Bertz CT molecular complexity index is 971. The summed E-state index contributed by atoms with van der Waals surface area (Å²) in [4.78, 5) is 40.4. The van der Waals surface area contributed by atoms with Crippen LogP contribution in [0.4, 0.5) is 17.2 Å². The molecule has 2 saturated heterocycles. The van der Waals surface area contributed by atoms with Crippen LogP contribution in [0.25, 0.3) is 0 Å². The molecule has 0 bridgehead atoms. The van der Waals surface area contributed by atoms with E-state index in [1.807, 2.05) is 23.1 Å². The molecule has 5 heterocycles. The first-order chi connectivity index (χ1) is 15.7. The van der Waals surface area contributed by atoms with Gasteiger partial charge in [0.1, 0.15) is 5.82 Å². The summed E-state index contributed by atoms with van der Waals surface area (Å²) in [6.45, 7) is 5.16. The van der Waals surface area contributed by atoms with E-state index in [0.717, 1.165) is 44.8 Å². The molecule has 3 aliphatic rings. The van der Waals surface area contributed by atoms with Gasteiger partial charge in [0.25, 0.3) is 5.91 Å². The van der Waals surface area contributed by atoms with Crippen molar-refractivity contribution in [3.63, 3.8) is 0 Å². The molecule has 9 nitrogen and oxygen atoms in total. The van der Waals surface area contributed by atoms with E-state index in [2.05, 4.69) is 20.2 Å². The van der Waals surface area contributed by atoms with Crippen molar-refractivity contribution in [1.82, 2.24) is 14.9 Å². The van der Waals surface area contributed by atoms with Crippen molar-refractivity contribution in [2.45, 2.75) is 12.8 Å². The van der Waals surface area contributed by atoms with Crippen molar-refractivity contribution < 1.29 is 14.3 Å². The zero-order valence-corrected chi connectivity index (χ0v) is 18.1. The zero-order valence-electron chi connectivity index (χ0n) is 18.1. The SMILES string of the molecule is O=C(c1cnc2c(c1)N(CC1CCOCC1)C(=O)CN2)N1CCN(c2ccncc2)CC1. The van der Waals surface area contributed by atoms with Gasteiger partial charge in [-0.2, -0.15) is 0 Å². The van der Waals surface area contributed by atoms with Crippen LogP contribution < -0.4 is 15.1 Å². The average molecular weight is 437 g/mol. The van der Waals surface area contributed by atoms with Gasteiger partial charge in [-0.3, -0.25) is 14.6 Å². The van der Waals surface area contributed by atoms with E-state index in [9.17, 15) is 9.59 Å². The topological polar surface area (TPSA) is 90.9 Å². The largest absolute Gasteiger partial charge is 0.381 e. The Morgan fingerprint density at radius 2 is 1.88 bits per heavy atom. The Balaban J connectivity index is 1.29. The number of nitrogens with zero attached hydrogens (tertiary/aromatic N) is 5. The highest BCUT2D eigenvalue weighted by Gasteiger charge is 2.30. The van der Waals surface area contributed by atoms with Crippen LogP contribution >= 0.6 is 0 Å². The summed E-state index contributed by atoms with van der Waals surface area (Å²) in [7, 11) is 0. The number of pyridine rings is 2. The van der Waals surface area contributed by atoms with E-state index in [4.69, 9.17) is 4.74 Å². The Morgan fingerprint density at radius 1 is 1.12 bits per heavy atom. The van der Waals surface area contributed by atoms with Gasteiger partial charge in [0.05, 0.1) is 17.8 Å². The highest BCUT2D eigenvalue weighted by Crippen LogP contribution is 2.31. The third-order valence-corrected chi connectivity index (χ3v) is 6.49. The number of amides is 2. The molecule has 0 unspecified atom stereocenters. The second-order valence-corrected chi connectivity index (χ2v) is 8.49. The van der Waals surface area contributed by atoms with E-state index in [0.29, 0.717) is 42.6 Å². The molecule has 2 aromatic rings. The maximum absolute atomic E-state index is 13.2. The summed E-state index contributed by atoms with van der Waals surface area (Å²) in [6, 6.07) is 5.80. The molecule has 2 fully saturated rings. The van der Waals surface area contributed by atoms with Crippen LogP contribution in [0, 0.1) is 5.92 Å². The number of aromatic nitrogens is 2. The molecular weight excluding hydrogens is 408 g/mol. The molecular formula is C23H28N6O3. The van der Waals surface area contributed by atoms with Crippen molar-refractivity contribution >= 4 is 29.0 Å². The number of piperazine rings is 1. The van der Waals surface area contributed by atoms with Gasteiger partial charge in [-0.1, -0.05) is 0 Å². The summed E-state index contributed by atoms with van der Waals surface area (Å²) >= 11 is 0. The van der Waals surface area contributed by atoms with E-state index >= 15 is 0 Å². The molecule has 0 saturated carbocycles. The van der Waals surface area contributed by atoms with Gasteiger partial charge in [0.15, 0.2) is 0 Å². The van der Waals surface area contributed by atoms with Gasteiger partial charge in [-0.25, -0.2) is 4.98 Å². The minimum absolute atomic E-state index is 0.0151. The van der Waals surface area contributed by atoms with Crippen molar-refractivity contribution in [1.29, 1.82) is 0 Å². The monoisotopic (exact) mass is 436 g/mol. The van der Waals surface area contributed by atoms with Crippen molar-refractivity contribution in [2.75, 3.05) is 67.6 Å². The summed E-state index contributed by atoms with van der Waals surface area (Å²) in [5.41, 5.74) is 2.35. The molecule has 0 aromatic carbocycles. The van der Waals surface area contributed by atoms with Crippen molar-refractivity contribution in [3.05, 3.63) is 42.4 Å². The second-order valence-electron chi connectivity index (χ2n) is 8.49. The fourth-order valence-electron chi connectivity index (χ4n) is 4.59. The number of anilines is 3. The standard InChI is InChI=1S/C23H28N6O3/c30-21-15-26-22-20(29(21)16-17-3-11-32-12-4-17)13-18(14-25-22)23(31)28-9-7-27(8-10-28)19-1-5-24-6-2-19/h1-2,5-6,13-14,17H,3-4,7-12,15-16H2,(H,25,26). The first-order valence-electron chi connectivity index (χ1n) is 11.3. The van der Waals surface area contributed by atoms with Gasteiger partial charge >= 0.3 is 0 Å². The molecule has 168 valence electrons. The van der Waals surface area contributed by atoms with Crippen LogP contribution in [0.5, 0.6) is 0 Å². The molecule has 2 amide bonds. The molecule has 5 rings (SSSR count). The van der Waals surface area contributed by atoms with E-state index < -0.39 is 0 Å². The summed E-state index contributed by atoms with van der Waals surface area (Å²) in [5, 5.41) is 3.09. The van der Waals surface area contributed by atoms with Crippen molar-refractivity contribution in [2.24, 2.45) is 5.92 Å². The average Bonchev–Trinajstić information content (AvgIpc) is 2.86. The number of carbonyl (C=O) groups excluding carboxylic acids is 2. The summed E-state index contributed by atoms with van der Waals surface area (Å²) in [5.74, 6) is 1.04. The van der Waals surface area contributed by atoms with Crippen LogP contribution in [0.2, 0.25) is 0 Å². The number of fused-ring (bicyclic) bond motifs is 1. The molecule has 0 aliphatic carbocycles. The second kappa shape index (κ2) is 9.12. The molecule has 1 N–H and O–H groups in total. The van der Waals surface area contributed by atoms with Crippen LogP contribution in [-0.2, 0) is 9.53 Å². The highest BCUT2D eigenvalue weighted by atomic mass is 16.5. The molecule has 2 aromatic heterocycles. The lowest BCUT2D eigenvalue weighted by atomic mass is 9.99. The minimum atomic E-state index is -0.0429. The minimum Gasteiger partial charge on any atom is -0.381 e. The van der Waals surface area contributed by atoms with Gasteiger partial charge in [0, 0.05) is 70.2 Å². The molecule has 0 atom stereocenters. The lowest BCUT2D eigenvalue weighted by Crippen LogP contribution is -2.49. The lowest BCUT2D eigenvalue weighted by Gasteiger charge is -2.36. The van der Waals surface area contributed by atoms with E-state index in [1.165, 1.54) is 0 Å².